The molecule has 1 aromatic rings. The number of hydrogen-bond acceptors (Lipinski definition) is 3. The Kier molecular flexibility index (Phi) is 10.1. The van der Waals surface area contributed by atoms with E-state index in [1.165, 1.54) is 0 Å². The van der Waals surface area contributed by atoms with E-state index in [2.05, 4.69) is 34.5 Å². The number of pyridine rings is 1. The zero-order valence-electron chi connectivity index (χ0n) is 12.6. The van der Waals surface area contributed by atoms with Crippen molar-refractivity contribution in [1.29, 1.82) is 0 Å². The van der Waals surface area contributed by atoms with Gasteiger partial charge in [0.05, 0.1) is 7.11 Å². The number of aromatic nitrogens is 1. The average Bonchev–Trinajstić information content (AvgIpc) is 2.42. The Balaban J connectivity index is 0.00000361. The Morgan fingerprint density at radius 2 is 2.10 bits per heavy atom. The topological polar surface area (TPSA) is 58.5 Å². The molecular formula is C14H25IN4O. The lowest BCUT2D eigenvalue weighted by atomic mass is 10.1. The molecule has 0 bridgehead atoms. The molecule has 0 aliphatic carbocycles. The number of halogens is 1. The molecular weight excluding hydrogens is 367 g/mol. The van der Waals surface area contributed by atoms with E-state index in [9.17, 15) is 0 Å². The average molecular weight is 392 g/mol. The highest BCUT2D eigenvalue weighted by Crippen LogP contribution is 2.06. The van der Waals surface area contributed by atoms with Crippen LogP contribution in [0.3, 0.4) is 0 Å². The molecule has 0 aliphatic heterocycles. The molecule has 0 amide bonds. The van der Waals surface area contributed by atoms with E-state index >= 15 is 0 Å². The smallest absolute Gasteiger partial charge is 0.212 e. The molecule has 0 spiro atoms. The Labute approximate surface area is 138 Å². The van der Waals surface area contributed by atoms with Gasteiger partial charge < -0.3 is 15.4 Å². The minimum Gasteiger partial charge on any atom is -0.481 e. The number of nitrogens with zero attached hydrogens (tertiary/aromatic N) is 2. The monoisotopic (exact) mass is 392 g/mol. The summed E-state index contributed by atoms with van der Waals surface area (Å²) in [5.74, 6) is 2.14. The first-order valence-electron chi connectivity index (χ1n) is 6.59. The van der Waals surface area contributed by atoms with Gasteiger partial charge in [-0.3, -0.25) is 4.99 Å². The highest BCUT2D eigenvalue weighted by Gasteiger charge is 2.00. The van der Waals surface area contributed by atoms with Gasteiger partial charge in [0.1, 0.15) is 0 Å². The molecule has 1 aromatic heterocycles. The highest BCUT2D eigenvalue weighted by atomic mass is 127. The molecule has 0 unspecified atom stereocenters. The largest absolute Gasteiger partial charge is 0.481 e. The predicted molar refractivity (Wildman–Crippen MR) is 93.9 cm³/mol. The second-order valence-electron chi connectivity index (χ2n) is 4.74. The fourth-order valence-corrected chi connectivity index (χ4v) is 1.52. The van der Waals surface area contributed by atoms with E-state index in [0.29, 0.717) is 18.3 Å². The number of ether oxygens (including phenoxy) is 1. The number of hydrogen-bond donors (Lipinski definition) is 2. The molecule has 0 atom stereocenters. The molecule has 20 heavy (non-hydrogen) atoms. The summed E-state index contributed by atoms with van der Waals surface area (Å²) >= 11 is 0. The second-order valence-corrected chi connectivity index (χ2v) is 4.74. The molecule has 5 nitrogen and oxygen atoms in total. The van der Waals surface area contributed by atoms with Crippen molar-refractivity contribution in [3.8, 4) is 5.88 Å². The Bertz CT molecular complexity index is 393. The Hall–Kier alpha value is -1.05. The predicted octanol–water partition coefficient (Wildman–Crippen LogP) is 2.42. The van der Waals surface area contributed by atoms with Gasteiger partial charge in [-0.1, -0.05) is 19.9 Å². The van der Waals surface area contributed by atoms with Crippen LogP contribution in [-0.4, -0.2) is 31.6 Å². The van der Waals surface area contributed by atoms with Crippen molar-refractivity contribution < 1.29 is 4.74 Å². The zero-order valence-corrected chi connectivity index (χ0v) is 15.0. The third-order valence-corrected chi connectivity index (χ3v) is 2.70. The SMILES string of the molecule is CN=C(NCCC(C)C)NCc1ccc(OC)nc1.I. The van der Waals surface area contributed by atoms with E-state index in [1.807, 2.05) is 12.1 Å². The molecule has 0 saturated heterocycles. The van der Waals surface area contributed by atoms with Gasteiger partial charge in [0.2, 0.25) is 5.88 Å². The molecule has 6 heteroatoms. The molecule has 1 heterocycles. The number of methoxy groups -OCH3 is 1. The quantitative estimate of drug-likeness (QED) is 0.444. The summed E-state index contributed by atoms with van der Waals surface area (Å²) in [4.78, 5) is 8.35. The van der Waals surface area contributed by atoms with Crippen molar-refractivity contribution in [2.75, 3.05) is 20.7 Å². The summed E-state index contributed by atoms with van der Waals surface area (Å²) in [6.45, 7) is 6.04. The standard InChI is InChI=1S/C14H24N4O.HI/c1-11(2)7-8-16-14(15-3)18-10-12-5-6-13(19-4)17-9-12;/h5-6,9,11H,7-8,10H2,1-4H3,(H2,15,16,18);1H. The number of guanidine groups is 1. The molecule has 2 N–H and O–H groups in total. The van der Waals surface area contributed by atoms with E-state index in [-0.39, 0.29) is 24.0 Å². The lowest BCUT2D eigenvalue weighted by Gasteiger charge is -2.12. The van der Waals surface area contributed by atoms with Crippen molar-refractivity contribution in [2.24, 2.45) is 10.9 Å². The van der Waals surface area contributed by atoms with Crippen LogP contribution in [0.4, 0.5) is 0 Å². The number of aliphatic imine (C=N–C) groups is 1. The summed E-state index contributed by atoms with van der Waals surface area (Å²) in [5.41, 5.74) is 1.09. The van der Waals surface area contributed by atoms with Crippen molar-refractivity contribution in [1.82, 2.24) is 15.6 Å². The van der Waals surface area contributed by atoms with Crippen molar-refractivity contribution >= 4 is 29.9 Å². The van der Waals surface area contributed by atoms with Gasteiger partial charge in [0.15, 0.2) is 5.96 Å². The van der Waals surface area contributed by atoms with Crippen LogP contribution < -0.4 is 15.4 Å². The molecule has 0 saturated carbocycles. The maximum atomic E-state index is 5.02. The Morgan fingerprint density at radius 1 is 1.35 bits per heavy atom. The lowest BCUT2D eigenvalue weighted by Crippen LogP contribution is -2.37. The van der Waals surface area contributed by atoms with Crippen molar-refractivity contribution in [3.63, 3.8) is 0 Å². The zero-order chi connectivity index (χ0) is 14.1. The van der Waals surface area contributed by atoms with Crippen LogP contribution in [0.2, 0.25) is 0 Å². The first-order chi connectivity index (χ1) is 9.15. The van der Waals surface area contributed by atoms with Gasteiger partial charge in [-0.15, -0.1) is 24.0 Å². The van der Waals surface area contributed by atoms with Gasteiger partial charge in [-0.05, 0) is 17.9 Å². The fourth-order valence-electron chi connectivity index (χ4n) is 1.52. The first kappa shape index (κ1) is 18.9. The van der Waals surface area contributed by atoms with Gasteiger partial charge in [0, 0.05) is 32.4 Å². The molecule has 0 aromatic carbocycles. The molecule has 0 aliphatic rings. The van der Waals surface area contributed by atoms with Gasteiger partial charge in [0.25, 0.3) is 0 Å². The van der Waals surface area contributed by atoms with Crippen LogP contribution in [0.1, 0.15) is 25.8 Å². The van der Waals surface area contributed by atoms with Crippen LogP contribution >= 0.6 is 24.0 Å². The highest BCUT2D eigenvalue weighted by molar-refractivity contribution is 14.0. The van der Waals surface area contributed by atoms with Crippen LogP contribution in [0, 0.1) is 5.92 Å². The van der Waals surface area contributed by atoms with E-state index < -0.39 is 0 Å². The normalized spacial score (nSPS) is 10.9. The van der Waals surface area contributed by atoms with E-state index in [0.717, 1.165) is 24.5 Å². The minimum absolute atomic E-state index is 0. The molecule has 0 radical (unpaired) electrons. The number of rotatable bonds is 6. The number of nitrogens with one attached hydrogen (secondary N) is 2. The third kappa shape index (κ3) is 7.52. The minimum atomic E-state index is 0. The van der Waals surface area contributed by atoms with Crippen molar-refractivity contribution in [3.05, 3.63) is 23.9 Å². The summed E-state index contributed by atoms with van der Waals surface area (Å²) in [7, 11) is 3.39. The van der Waals surface area contributed by atoms with Gasteiger partial charge in [-0.25, -0.2) is 4.98 Å². The summed E-state index contributed by atoms with van der Waals surface area (Å²) in [6, 6.07) is 3.84. The fraction of sp³-hybridized carbons (Fsp3) is 0.571. The maximum absolute atomic E-state index is 5.02. The van der Waals surface area contributed by atoms with Gasteiger partial charge in [-0.2, -0.15) is 0 Å². The van der Waals surface area contributed by atoms with E-state index in [4.69, 9.17) is 4.74 Å². The summed E-state index contributed by atoms with van der Waals surface area (Å²) < 4.78 is 5.02. The van der Waals surface area contributed by atoms with Crippen LogP contribution in [0.5, 0.6) is 5.88 Å². The Morgan fingerprint density at radius 3 is 2.60 bits per heavy atom. The summed E-state index contributed by atoms with van der Waals surface area (Å²) in [5, 5.41) is 6.54. The lowest BCUT2D eigenvalue weighted by molar-refractivity contribution is 0.397. The van der Waals surface area contributed by atoms with E-state index in [1.54, 1.807) is 20.4 Å². The van der Waals surface area contributed by atoms with Crippen LogP contribution in [-0.2, 0) is 6.54 Å². The molecule has 114 valence electrons. The summed E-state index contributed by atoms with van der Waals surface area (Å²) in [6.07, 6.45) is 2.93. The molecule has 0 fully saturated rings. The van der Waals surface area contributed by atoms with Gasteiger partial charge >= 0.3 is 0 Å². The van der Waals surface area contributed by atoms with Crippen molar-refractivity contribution in [2.45, 2.75) is 26.8 Å². The maximum Gasteiger partial charge on any atom is 0.212 e. The first-order valence-corrected chi connectivity index (χ1v) is 6.59. The van der Waals surface area contributed by atoms with Crippen LogP contribution in [0.15, 0.2) is 23.3 Å². The second kappa shape index (κ2) is 10.7. The van der Waals surface area contributed by atoms with Crippen LogP contribution in [0.25, 0.3) is 0 Å². The molecule has 1 rings (SSSR count). The third-order valence-electron chi connectivity index (χ3n) is 2.70.